The van der Waals surface area contributed by atoms with Crippen molar-refractivity contribution in [1.82, 2.24) is 4.90 Å². The van der Waals surface area contributed by atoms with Gasteiger partial charge in [-0.1, -0.05) is 18.2 Å². The van der Waals surface area contributed by atoms with Crippen molar-refractivity contribution < 1.29 is 24.2 Å². The van der Waals surface area contributed by atoms with Gasteiger partial charge in [0.2, 0.25) is 0 Å². The van der Waals surface area contributed by atoms with E-state index in [1.54, 1.807) is 4.90 Å². The molecule has 0 spiro atoms. The Morgan fingerprint density at radius 2 is 2.19 bits per heavy atom. The van der Waals surface area contributed by atoms with Gasteiger partial charge in [0.25, 0.3) is 5.91 Å². The van der Waals surface area contributed by atoms with Crippen LogP contribution in [0.1, 0.15) is 12.0 Å². The van der Waals surface area contributed by atoms with Crippen molar-refractivity contribution in [3.05, 3.63) is 29.8 Å². The number of morpholine rings is 1. The number of aryl methyl sites for hydroxylation is 1. The Kier molecular flexibility index (Phi) is 5.16. The number of aliphatic carboxylic acids is 1. The number of hydrogen-bond donors (Lipinski definition) is 1. The van der Waals surface area contributed by atoms with Crippen LogP contribution < -0.4 is 4.74 Å². The van der Waals surface area contributed by atoms with Crippen LogP contribution in [0.4, 0.5) is 0 Å². The quantitative estimate of drug-likeness (QED) is 0.879. The summed E-state index contributed by atoms with van der Waals surface area (Å²) < 4.78 is 10.9. The minimum atomic E-state index is -0.926. The van der Waals surface area contributed by atoms with E-state index in [9.17, 15) is 9.59 Å². The maximum atomic E-state index is 12.1. The molecule has 0 aromatic heterocycles. The molecule has 6 heteroatoms. The van der Waals surface area contributed by atoms with Gasteiger partial charge >= 0.3 is 5.97 Å². The Morgan fingerprint density at radius 1 is 1.43 bits per heavy atom. The average molecular weight is 293 g/mol. The molecule has 1 aromatic carbocycles. The fourth-order valence-electron chi connectivity index (χ4n) is 2.21. The predicted molar refractivity (Wildman–Crippen MR) is 75.2 cm³/mol. The largest absolute Gasteiger partial charge is 0.484 e. The molecule has 6 nitrogen and oxygen atoms in total. The Hall–Kier alpha value is -2.08. The van der Waals surface area contributed by atoms with Crippen LogP contribution in [0.25, 0.3) is 0 Å². The number of rotatable bonds is 5. The number of carbonyl (C=O) groups excluding carboxylic acids is 1. The summed E-state index contributed by atoms with van der Waals surface area (Å²) >= 11 is 0. The van der Waals surface area contributed by atoms with Crippen molar-refractivity contribution >= 4 is 11.9 Å². The number of ether oxygens (including phenoxy) is 2. The van der Waals surface area contributed by atoms with Gasteiger partial charge in [0, 0.05) is 13.1 Å². The minimum absolute atomic E-state index is 0.0509. The van der Waals surface area contributed by atoms with Crippen LogP contribution in [-0.4, -0.2) is 54.3 Å². The number of benzene rings is 1. The Morgan fingerprint density at radius 3 is 2.90 bits per heavy atom. The second-order valence-electron chi connectivity index (χ2n) is 4.98. The highest BCUT2D eigenvalue weighted by Crippen LogP contribution is 2.16. The highest BCUT2D eigenvalue weighted by atomic mass is 16.5. The Labute approximate surface area is 123 Å². The van der Waals surface area contributed by atoms with Crippen LogP contribution in [0, 0.1) is 6.92 Å². The molecule has 1 heterocycles. The van der Waals surface area contributed by atoms with Crippen LogP contribution in [-0.2, 0) is 14.3 Å². The fraction of sp³-hybridized carbons (Fsp3) is 0.467. The molecule has 0 radical (unpaired) electrons. The van der Waals surface area contributed by atoms with E-state index >= 15 is 0 Å². The highest BCUT2D eigenvalue weighted by molar-refractivity contribution is 5.78. The molecular weight excluding hydrogens is 274 g/mol. The molecule has 1 aliphatic heterocycles. The number of nitrogens with zero attached hydrogens (tertiary/aromatic N) is 1. The molecule has 1 aromatic rings. The van der Waals surface area contributed by atoms with E-state index in [-0.39, 0.29) is 18.9 Å². The summed E-state index contributed by atoms with van der Waals surface area (Å²) in [4.78, 5) is 24.4. The highest BCUT2D eigenvalue weighted by Gasteiger charge is 2.26. The van der Waals surface area contributed by atoms with Crippen molar-refractivity contribution in [2.24, 2.45) is 0 Å². The predicted octanol–water partition coefficient (Wildman–Crippen LogP) is 1.08. The standard InChI is InChI=1S/C15H19NO5/c1-11-4-2-3-5-13(11)21-10-14(17)16-6-7-20-12(9-16)8-15(18)19/h2-5,12H,6-10H2,1H3,(H,18,19). The number of carboxylic acids is 1. The maximum Gasteiger partial charge on any atom is 0.306 e. The van der Waals surface area contributed by atoms with Crippen LogP contribution in [0.3, 0.4) is 0 Å². The first-order chi connectivity index (χ1) is 10.1. The molecular formula is C15H19NO5. The molecule has 2 rings (SSSR count). The molecule has 0 aliphatic carbocycles. The zero-order valence-electron chi connectivity index (χ0n) is 11.9. The van der Waals surface area contributed by atoms with Gasteiger partial charge < -0.3 is 19.5 Å². The van der Waals surface area contributed by atoms with Gasteiger partial charge in [0.05, 0.1) is 19.1 Å². The monoisotopic (exact) mass is 293 g/mol. The lowest BCUT2D eigenvalue weighted by atomic mass is 10.2. The van der Waals surface area contributed by atoms with Crippen molar-refractivity contribution in [2.45, 2.75) is 19.4 Å². The topological polar surface area (TPSA) is 76.1 Å². The molecule has 1 saturated heterocycles. The summed E-state index contributed by atoms with van der Waals surface area (Å²) in [5, 5.41) is 8.77. The minimum Gasteiger partial charge on any atom is -0.484 e. The maximum absolute atomic E-state index is 12.1. The van der Waals surface area contributed by atoms with E-state index in [0.29, 0.717) is 25.4 Å². The van der Waals surface area contributed by atoms with E-state index in [0.717, 1.165) is 5.56 Å². The lowest BCUT2D eigenvalue weighted by Gasteiger charge is -2.32. The summed E-state index contributed by atoms with van der Waals surface area (Å²) in [6.45, 7) is 2.98. The van der Waals surface area contributed by atoms with E-state index in [1.807, 2.05) is 31.2 Å². The van der Waals surface area contributed by atoms with Gasteiger partial charge in [-0.3, -0.25) is 9.59 Å². The molecule has 1 fully saturated rings. The van der Waals surface area contributed by atoms with Crippen molar-refractivity contribution in [1.29, 1.82) is 0 Å². The number of carbonyl (C=O) groups is 2. The number of amides is 1. The Bertz CT molecular complexity index is 517. The SMILES string of the molecule is Cc1ccccc1OCC(=O)N1CCOC(CC(=O)O)C1. The van der Waals surface area contributed by atoms with Gasteiger partial charge in [-0.15, -0.1) is 0 Å². The molecule has 1 amide bonds. The lowest BCUT2D eigenvalue weighted by Crippen LogP contribution is -2.47. The molecule has 1 atom stereocenters. The van der Waals surface area contributed by atoms with Crippen LogP contribution in [0.15, 0.2) is 24.3 Å². The summed E-state index contributed by atoms with van der Waals surface area (Å²) in [5.74, 6) is -0.399. The van der Waals surface area contributed by atoms with E-state index in [2.05, 4.69) is 0 Å². The summed E-state index contributed by atoms with van der Waals surface area (Å²) in [6.07, 6.45) is -0.540. The summed E-state index contributed by atoms with van der Waals surface area (Å²) in [6, 6.07) is 7.49. The van der Waals surface area contributed by atoms with Crippen molar-refractivity contribution in [3.8, 4) is 5.75 Å². The first-order valence-corrected chi connectivity index (χ1v) is 6.86. The third-order valence-electron chi connectivity index (χ3n) is 3.34. The van der Waals surface area contributed by atoms with E-state index in [1.165, 1.54) is 0 Å². The number of para-hydroxylation sites is 1. The normalized spacial score (nSPS) is 18.3. The molecule has 114 valence electrons. The zero-order chi connectivity index (χ0) is 15.2. The molecule has 1 aliphatic rings. The third-order valence-corrected chi connectivity index (χ3v) is 3.34. The second-order valence-corrected chi connectivity index (χ2v) is 4.98. The third kappa shape index (κ3) is 4.46. The smallest absolute Gasteiger partial charge is 0.306 e. The molecule has 1 N–H and O–H groups in total. The molecule has 0 bridgehead atoms. The lowest BCUT2D eigenvalue weighted by molar-refractivity contribution is -0.148. The van der Waals surface area contributed by atoms with Gasteiger partial charge in [-0.05, 0) is 18.6 Å². The summed E-state index contributed by atoms with van der Waals surface area (Å²) in [7, 11) is 0. The van der Waals surface area contributed by atoms with Crippen LogP contribution in [0.2, 0.25) is 0 Å². The van der Waals surface area contributed by atoms with Crippen LogP contribution >= 0.6 is 0 Å². The second kappa shape index (κ2) is 7.08. The molecule has 0 saturated carbocycles. The Balaban J connectivity index is 1.85. The van der Waals surface area contributed by atoms with Crippen molar-refractivity contribution in [3.63, 3.8) is 0 Å². The molecule has 1 unspecified atom stereocenters. The zero-order valence-corrected chi connectivity index (χ0v) is 11.9. The van der Waals surface area contributed by atoms with Crippen molar-refractivity contribution in [2.75, 3.05) is 26.3 Å². The van der Waals surface area contributed by atoms with Crippen LogP contribution in [0.5, 0.6) is 5.75 Å². The van der Waals surface area contributed by atoms with Gasteiger partial charge in [0.1, 0.15) is 5.75 Å². The van der Waals surface area contributed by atoms with Gasteiger partial charge in [-0.2, -0.15) is 0 Å². The molecule has 21 heavy (non-hydrogen) atoms. The van der Waals surface area contributed by atoms with E-state index in [4.69, 9.17) is 14.6 Å². The number of hydrogen-bond acceptors (Lipinski definition) is 4. The average Bonchev–Trinajstić information content (AvgIpc) is 2.45. The first kappa shape index (κ1) is 15.3. The number of carboxylic acid groups (broad SMARTS) is 1. The van der Waals surface area contributed by atoms with Gasteiger partial charge in [0.15, 0.2) is 6.61 Å². The first-order valence-electron chi connectivity index (χ1n) is 6.86. The fourth-order valence-corrected chi connectivity index (χ4v) is 2.21. The van der Waals surface area contributed by atoms with Gasteiger partial charge in [-0.25, -0.2) is 0 Å². The van der Waals surface area contributed by atoms with E-state index < -0.39 is 12.1 Å². The summed E-state index contributed by atoms with van der Waals surface area (Å²) in [5.41, 5.74) is 0.969.